The van der Waals surface area contributed by atoms with E-state index in [4.69, 9.17) is 29.4 Å². The van der Waals surface area contributed by atoms with E-state index in [1.54, 1.807) is 36.4 Å². The fourth-order valence-corrected chi connectivity index (χ4v) is 5.34. The molecule has 0 aromatic heterocycles. The second-order valence-electron chi connectivity index (χ2n) is 11.4. The highest BCUT2D eigenvalue weighted by Gasteiger charge is 2.40. The van der Waals surface area contributed by atoms with E-state index in [1.165, 1.54) is 12.0 Å². The van der Waals surface area contributed by atoms with Crippen molar-refractivity contribution >= 4 is 40.9 Å². The van der Waals surface area contributed by atoms with Crippen molar-refractivity contribution in [3.8, 4) is 5.75 Å². The van der Waals surface area contributed by atoms with Crippen molar-refractivity contribution in [2.24, 2.45) is 0 Å². The van der Waals surface area contributed by atoms with Crippen LogP contribution in [0, 0.1) is 0 Å². The van der Waals surface area contributed by atoms with Crippen molar-refractivity contribution in [2.45, 2.75) is 31.8 Å². The van der Waals surface area contributed by atoms with E-state index in [9.17, 15) is 24.0 Å². The number of imide groups is 1. The van der Waals surface area contributed by atoms with Gasteiger partial charge in [-0.3, -0.25) is 29.3 Å². The lowest BCUT2D eigenvalue weighted by molar-refractivity contribution is -0.137. The molecule has 1 unspecified atom stereocenters. The molecule has 272 valence electrons. The van der Waals surface area contributed by atoms with Gasteiger partial charge in [0, 0.05) is 61.4 Å². The van der Waals surface area contributed by atoms with Crippen molar-refractivity contribution in [3.05, 3.63) is 53.1 Å². The molecule has 0 aliphatic carbocycles. The number of nitrogen functional groups attached to an aromatic ring is 1. The lowest BCUT2D eigenvalue weighted by atomic mass is 10.0. The van der Waals surface area contributed by atoms with Gasteiger partial charge in [0.15, 0.2) is 0 Å². The molecule has 0 bridgehead atoms. The zero-order valence-corrected chi connectivity index (χ0v) is 28.3. The van der Waals surface area contributed by atoms with E-state index in [0.29, 0.717) is 106 Å². The van der Waals surface area contributed by atoms with Gasteiger partial charge in [-0.1, -0.05) is 6.07 Å². The zero-order chi connectivity index (χ0) is 35.7. The Balaban J connectivity index is 0.940. The molecule has 2 aliphatic heterocycles. The van der Waals surface area contributed by atoms with Crippen LogP contribution in [0.1, 0.15) is 45.5 Å². The van der Waals surface area contributed by atoms with Crippen LogP contribution < -0.4 is 31.7 Å². The Bertz CT molecular complexity index is 1490. The lowest BCUT2D eigenvalue weighted by Gasteiger charge is -2.29. The number of anilines is 2. The van der Waals surface area contributed by atoms with Crippen LogP contribution in [0.15, 0.2) is 36.4 Å². The first-order valence-corrected chi connectivity index (χ1v) is 16.6. The van der Waals surface area contributed by atoms with Gasteiger partial charge in [-0.2, -0.15) is 0 Å². The third kappa shape index (κ3) is 11.5. The summed E-state index contributed by atoms with van der Waals surface area (Å²) in [5.41, 5.74) is 8.33. The van der Waals surface area contributed by atoms with E-state index in [1.807, 2.05) is 0 Å². The topological polar surface area (TPSA) is 209 Å². The summed E-state index contributed by atoms with van der Waals surface area (Å²) in [4.78, 5) is 63.0. The van der Waals surface area contributed by atoms with Gasteiger partial charge in [0.25, 0.3) is 11.8 Å². The van der Waals surface area contributed by atoms with Crippen molar-refractivity contribution in [1.82, 2.24) is 20.9 Å². The fourth-order valence-electron chi connectivity index (χ4n) is 5.34. The van der Waals surface area contributed by atoms with Crippen LogP contribution in [0.4, 0.5) is 11.4 Å². The first-order chi connectivity index (χ1) is 24.3. The first-order valence-electron chi connectivity index (χ1n) is 16.6. The molecule has 6 N–H and O–H groups in total. The van der Waals surface area contributed by atoms with E-state index < -0.39 is 11.9 Å². The molecule has 2 heterocycles. The predicted octanol–water partition coefficient (Wildman–Crippen LogP) is 0.453. The van der Waals surface area contributed by atoms with Crippen LogP contribution in [-0.4, -0.2) is 120 Å². The Hall–Kier alpha value is -4.61. The largest absolute Gasteiger partial charge is 0.495 e. The molecule has 2 aromatic rings. The SMILES string of the molecule is COc1cc(C(=O)NCCOCCOCCOCCOCCNCCC(=O)Nc2cccc3c2CN(C2CCC(=O)NC2=O)C3=O)ccc1N. The highest BCUT2D eigenvalue weighted by Crippen LogP contribution is 2.32. The maximum atomic E-state index is 13.0. The smallest absolute Gasteiger partial charge is 0.255 e. The number of nitrogens with zero attached hydrogens (tertiary/aromatic N) is 1. The van der Waals surface area contributed by atoms with Gasteiger partial charge in [-0.05, 0) is 36.8 Å². The summed E-state index contributed by atoms with van der Waals surface area (Å²) in [6.07, 6.45) is 0.675. The molecule has 1 fully saturated rings. The molecule has 16 nitrogen and oxygen atoms in total. The summed E-state index contributed by atoms with van der Waals surface area (Å²) < 4.78 is 27.1. The minimum atomic E-state index is -0.714. The molecule has 0 spiro atoms. The molecule has 16 heteroatoms. The number of benzene rings is 2. The molecule has 0 saturated carbocycles. The van der Waals surface area contributed by atoms with Gasteiger partial charge in [-0.25, -0.2) is 0 Å². The first kappa shape index (κ1) is 38.2. The number of amides is 5. The minimum Gasteiger partial charge on any atom is -0.495 e. The molecular weight excluding hydrogens is 652 g/mol. The summed E-state index contributed by atoms with van der Waals surface area (Å²) in [7, 11) is 1.49. The summed E-state index contributed by atoms with van der Waals surface area (Å²) in [5.74, 6) is -1.10. The monoisotopic (exact) mass is 698 g/mol. The van der Waals surface area contributed by atoms with Crippen LogP contribution in [0.2, 0.25) is 0 Å². The second kappa shape index (κ2) is 20.2. The highest BCUT2D eigenvalue weighted by molar-refractivity contribution is 6.06. The van der Waals surface area contributed by atoms with E-state index in [0.717, 1.165) is 0 Å². The molecule has 0 radical (unpaired) electrons. The normalized spacial score (nSPS) is 15.5. The fraction of sp³-hybridized carbons (Fsp3) is 0.500. The number of hydrogen-bond donors (Lipinski definition) is 5. The number of nitrogens with one attached hydrogen (secondary N) is 4. The van der Waals surface area contributed by atoms with Crippen molar-refractivity contribution in [1.29, 1.82) is 0 Å². The number of hydrogen-bond acceptors (Lipinski definition) is 12. The number of nitrogens with two attached hydrogens (primary N) is 1. The Labute approximate surface area is 290 Å². The molecular formula is C34H46N6O10. The third-order valence-electron chi connectivity index (χ3n) is 7.95. The standard InChI is InChI=1S/C34H46N6O10/c1-46-29-21-23(5-6-26(29)35)32(43)37-12-14-48-16-18-50-20-19-49-17-15-47-13-11-36-10-9-31(42)38-27-4-2-3-24-25(27)22-40(34(24)45)28-7-8-30(41)39-33(28)44/h2-6,21,28,36H,7-20,22,35H2,1H3,(H,37,43)(H,38,42)(H,39,41,44). The van der Waals surface area contributed by atoms with Gasteiger partial charge >= 0.3 is 0 Å². The Morgan fingerprint density at radius 3 is 2.26 bits per heavy atom. The maximum Gasteiger partial charge on any atom is 0.255 e. The number of carbonyl (C=O) groups excluding carboxylic acids is 5. The van der Waals surface area contributed by atoms with E-state index >= 15 is 0 Å². The highest BCUT2D eigenvalue weighted by atomic mass is 16.6. The van der Waals surface area contributed by atoms with Gasteiger partial charge in [-0.15, -0.1) is 0 Å². The zero-order valence-electron chi connectivity index (χ0n) is 28.3. The van der Waals surface area contributed by atoms with Crippen LogP contribution >= 0.6 is 0 Å². The molecule has 2 aromatic carbocycles. The number of carbonyl (C=O) groups is 5. The van der Waals surface area contributed by atoms with Crippen LogP contribution in [0.25, 0.3) is 0 Å². The van der Waals surface area contributed by atoms with Crippen LogP contribution in [0.3, 0.4) is 0 Å². The van der Waals surface area contributed by atoms with Crippen LogP contribution in [-0.2, 0) is 39.9 Å². The number of piperidine rings is 1. The molecule has 2 aliphatic rings. The molecule has 50 heavy (non-hydrogen) atoms. The predicted molar refractivity (Wildman–Crippen MR) is 182 cm³/mol. The van der Waals surface area contributed by atoms with E-state index in [2.05, 4.69) is 21.3 Å². The molecule has 1 atom stereocenters. The Kier molecular flexibility index (Phi) is 15.4. The Morgan fingerprint density at radius 1 is 0.900 bits per heavy atom. The summed E-state index contributed by atoms with van der Waals surface area (Å²) in [5, 5.41) is 11.1. The van der Waals surface area contributed by atoms with Crippen molar-refractivity contribution < 1.29 is 47.7 Å². The second-order valence-corrected chi connectivity index (χ2v) is 11.4. The van der Waals surface area contributed by atoms with Gasteiger partial charge in [0.05, 0.1) is 65.7 Å². The molecule has 5 amide bonds. The Morgan fingerprint density at radius 2 is 1.58 bits per heavy atom. The average Bonchev–Trinajstić information content (AvgIpc) is 3.44. The van der Waals surface area contributed by atoms with Gasteiger partial charge < -0.3 is 50.3 Å². The molecule has 4 rings (SSSR count). The number of fused-ring (bicyclic) bond motifs is 1. The number of methoxy groups -OCH3 is 1. The van der Waals surface area contributed by atoms with Gasteiger partial charge in [0.1, 0.15) is 11.8 Å². The number of ether oxygens (including phenoxy) is 5. The van der Waals surface area contributed by atoms with Gasteiger partial charge in [0.2, 0.25) is 17.7 Å². The van der Waals surface area contributed by atoms with Crippen molar-refractivity contribution in [2.75, 3.05) is 90.6 Å². The maximum absolute atomic E-state index is 13.0. The molecule has 1 saturated heterocycles. The summed E-state index contributed by atoms with van der Waals surface area (Å²) >= 11 is 0. The van der Waals surface area contributed by atoms with E-state index in [-0.39, 0.29) is 49.4 Å². The quantitative estimate of drug-likeness (QED) is 0.0646. The third-order valence-corrected chi connectivity index (χ3v) is 7.95. The summed E-state index contributed by atoms with van der Waals surface area (Å²) in [6, 6.07) is 9.23. The number of rotatable bonds is 22. The average molecular weight is 699 g/mol. The van der Waals surface area contributed by atoms with Crippen LogP contribution in [0.5, 0.6) is 5.75 Å². The minimum absolute atomic E-state index is 0.177. The lowest BCUT2D eigenvalue weighted by Crippen LogP contribution is -2.52. The van der Waals surface area contributed by atoms with Crippen molar-refractivity contribution in [3.63, 3.8) is 0 Å². The summed E-state index contributed by atoms with van der Waals surface area (Å²) in [6.45, 7) is 4.84.